The van der Waals surface area contributed by atoms with Crippen molar-refractivity contribution in [1.82, 2.24) is 10.6 Å². The van der Waals surface area contributed by atoms with Crippen molar-refractivity contribution in [2.24, 2.45) is 0 Å². The van der Waals surface area contributed by atoms with E-state index in [0.717, 1.165) is 26.7 Å². The minimum Gasteiger partial charge on any atom is -1.00 e. The van der Waals surface area contributed by atoms with E-state index in [9.17, 15) is 85.3 Å². The Morgan fingerprint density at radius 3 is 1.38 bits per heavy atom. The number of carboxylic acid groups (broad SMARTS) is 2. The summed E-state index contributed by atoms with van der Waals surface area (Å²) in [4.78, 5) is 59.6. The topological polar surface area (TPSA) is 466 Å². The summed E-state index contributed by atoms with van der Waals surface area (Å²) >= 11 is 0. The largest absolute Gasteiger partial charge is 1.00 e. The summed E-state index contributed by atoms with van der Waals surface area (Å²) in [7, 11) is 0. The smallest absolute Gasteiger partial charge is 1.00 e. The predicted octanol–water partition coefficient (Wildman–Crippen LogP) is -7.02. The van der Waals surface area contributed by atoms with Crippen LogP contribution in [0.1, 0.15) is 125 Å². The van der Waals surface area contributed by atoms with E-state index in [1.54, 1.807) is 0 Å². The molecule has 4 rings (SSSR count). The molecular weight excluding hydrogens is 1070 g/mol. The van der Waals surface area contributed by atoms with Gasteiger partial charge in [0.05, 0.1) is 19.8 Å². The quantitative estimate of drug-likeness (QED) is 0.0174. The van der Waals surface area contributed by atoms with Gasteiger partial charge in [0.2, 0.25) is 11.8 Å². The third-order valence-electron chi connectivity index (χ3n) is 13.6. The monoisotopic (exact) mass is 1160 g/mol. The van der Waals surface area contributed by atoms with Gasteiger partial charge in [-0.15, -0.1) is 0 Å². The minimum absolute atomic E-state index is 0. The van der Waals surface area contributed by atoms with Crippen molar-refractivity contribution < 1.29 is 164 Å². The van der Waals surface area contributed by atoms with E-state index >= 15 is 0 Å². The van der Waals surface area contributed by atoms with Crippen molar-refractivity contribution in [1.29, 1.82) is 0 Å². The average Bonchev–Trinajstić information content (AvgIpc) is 3.44. The molecule has 2 amide bonds. The van der Waals surface area contributed by atoms with Crippen LogP contribution in [-0.4, -0.2) is 256 Å². The maximum atomic E-state index is 12.5. The zero-order valence-electron chi connectivity index (χ0n) is 46.3. The molecule has 29 nitrogen and oxygen atoms in total. The van der Waals surface area contributed by atoms with Crippen molar-refractivity contribution in [3.8, 4) is 0 Å². The molecule has 1 unspecified atom stereocenters. The van der Waals surface area contributed by atoms with E-state index in [1.807, 2.05) is 0 Å². The fourth-order valence-electron chi connectivity index (χ4n) is 9.25. The number of hydrogen-bond acceptors (Lipinski definition) is 25. The Kier molecular flexibility index (Phi) is 34.7. The fourth-order valence-corrected chi connectivity index (χ4v) is 9.25. The number of amides is 2. The summed E-state index contributed by atoms with van der Waals surface area (Å²) in [5.41, 5.74) is 0. The second-order valence-corrected chi connectivity index (χ2v) is 19.9. The molecule has 4 aliphatic heterocycles. The van der Waals surface area contributed by atoms with Crippen molar-refractivity contribution in [3.05, 3.63) is 0 Å². The normalized spacial score (nSPS) is 34.9. The molecule has 0 aromatic carbocycles. The van der Waals surface area contributed by atoms with Crippen LogP contribution in [0.5, 0.6) is 0 Å². The van der Waals surface area contributed by atoms with Crippen molar-refractivity contribution in [2.75, 3.05) is 26.4 Å². The number of aliphatic hydroxyl groups excluding tert-OH is 12. The molecular formula is C49H87N2NaO27. The summed E-state index contributed by atoms with van der Waals surface area (Å²) < 4.78 is 42.9. The molecule has 21 atom stereocenters. The predicted molar refractivity (Wildman–Crippen MR) is 263 cm³/mol. The Morgan fingerprint density at radius 2 is 0.924 bits per heavy atom. The maximum absolute atomic E-state index is 12.5. The van der Waals surface area contributed by atoms with Crippen LogP contribution in [0.25, 0.3) is 0 Å². The summed E-state index contributed by atoms with van der Waals surface area (Å²) in [6, 6.07) is -3.38. The van der Waals surface area contributed by atoms with Crippen LogP contribution in [0.3, 0.4) is 0 Å². The van der Waals surface area contributed by atoms with Crippen molar-refractivity contribution >= 4 is 29.7 Å². The Balaban J connectivity index is 0.00000100. The molecule has 79 heavy (non-hydrogen) atoms. The Hall–Kier alpha value is -2.41. The Labute approximate surface area is 481 Å². The molecule has 0 saturated carbocycles. The summed E-state index contributed by atoms with van der Waals surface area (Å²) in [6.07, 6.45) is -17.5. The van der Waals surface area contributed by atoms with E-state index in [-0.39, 0.29) is 50.2 Å². The summed E-state index contributed by atoms with van der Waals surface area (Å²) in [5, 5.41) is 146. The molecule has 456 valence electrons. The second-order valence-electron chi connectivity index (χ2n) is 19.9. The minimum atomic E-state index is -2.30. The van der Waals surface area contributed by atoms with Gasteiger partial charge in [0, 0.05) is 20.3 Å². The van der Waals surface area contributed by atoms with Crippen LogP contribution < -0.4 is 40.2 Å². The van der Waals surface area contributed by atoms with E-state index in [1.165, 1.54) is 83.5 Å². The first-order valence-corrected chi connectivity index (χ1v) is 26.7. The number of ether oxygens (including phenoxy) is 8. The molecule has 4 saturated heterocycles. The van der Waals surface area contributed by atoms with Gasteiger partial charge in [-0.25, -0.2) is 9.59 Å². The number of nitrogens with one attached hydrogen (secondary N) is 2. The van der Waals surface area contributed by atoms with E-state index < -0.39 is 166 Å². The van der Waals surface area contributed by atoms with E-state index in [4.69, 9.17) is 48.1 Å². The fraction of sp³-hybridized carbons (Fsp3) is 0.898. The number of aliphatic carboxylic acids is 2. The molecule has 4 fully saturated rings. The van der Waals surface area contributed by atoms with Crippen LogP contribution in [0.4, 0.5) is 0 Å². The number of carbonyl (C=O) groups excluding carboxylic acids is 3. The van der Waals surface area contributed by atoms with Gasteiger partial charge in [0.25, 0.3) is 0 Å². The number of esters is 1. The first-order chi connectivity index (χ1) is 37.0. The molecule has 0 aromatic heterocycles. The maximum Gasteiger partial charge on any atom is 1.00 e. The van der Waals surface area contributed by atoms with E-state index in [0.29, 0.717) is 6.42 Å². The third-order valence-corrected chi connectivity index (χ3v) is 13.6. The van der Waals surface area contributed by atoms with Gasteiger partial charge < -0.3 is 121 Å². The van der Waals surface area contributed by atoms with Crippen LogP contribution in [0.2, 0.25) is 0 Å². The number of rotatable bonds is 31. The number of hydrogen-bond donors (Lipinski definition) is 16. The second kappa shape index (κ2) is 37.7. The molecule has 4 heterocycles. The summed E-state index contributed by atoms with van der Waals surface area (Å²) in [5.74, 6) is -5.56. The Bertz CT molecular complexity index is 1790. The van der Waals surface area contributed by atoms with Gasteiger partial charge in [-0.05, 0) is 6.42 Å². The molecule has 0 bridgehead atoms. The first kappa shape index (κ1) is 72.7. The molecule has 16 N–H and O–H groups in total. The van der Waals surface area contributed by atoms with Crippen LogP contribution in [0, 0.1) is 0 Å². The van der Waals surface area contributed by atoms with Crippen LogP contribution in [-0.2, 0) is 61.9 Å². The zero-order valence-corrected chi connectivity index (χ0v) is 47.3. The van der Waals surface area contributed by atoms with Crippen LogP contribution >= 0.6 is 0 Å². The molecule has 0 spiro atoms. The third kappa shape index (κ3) is 22.9. The standard InChI is InChI=1S/C28H44N2O23.C21H42O4.Na.H/c1-5(33)29-9-18(11(35)7(3-31)47-25(9)46)49-28-17(41)15(39)20(22(53-28)24(44)45)51-26-10(30-6(2)34)19(12(36)8(4-32)48-26)50-27-16(40)13(37)14(38)21(52-27)23(42)43;1-2-3-4-5-6-7-8-9-10-11-12-13-14-15-16-17-21(24)25-19-20(23)18-22;;/h7-22,25-28,31-32,35-41,46H,3-4H2,1-2H3,(H,29,33)(H,30,34)(H,42,43)(H,44,45);20,22-23H,2-19H2,1H3;;/q;;+1;-1/t7-,8-,9-,10-,11-,12-,13+,14+,15-,16-,17-,18-,19-,20+,21+,22+,25-,26+,27-,28-;;;/m1.../s1. The molecule has 0 aliphatic carbocycles. The van der Waals surface area contributed by atoms with Crippen molar-refractivity contribution in [3.63, 3.8) is 0 Å². The number of carbonyl (C=O) groups is 5. The van der Waals surface area contributed by atoms with Gasteiger partial charge in [0.1, 0.15) is 98.0 Å². The first-order valence-electron chi connectivity index (χ1n) is 26.7. The molecule has 4 aliphatic rings. The van der Waals surface area contributed by atoms with Crippen molar-refractivity contribution in [2.45, 2.75) is 252 Å². The number of aliphatic hydroxyl groups is 12. The van der Waals surface area contributed by atoms with Crippen LogP contribution in [0.15, 0.2) is 0 Å². The zero-order chi connectivity index (χ0) is 58.2. The van der Waals surface area contributed by atoms with Gasteiger partial charge in [-0.3, -0.25) is 14.4 Å². The molecule has 0 radical (unpaired) electrons. The van der Waals surface area contributed by atoms with Gasteiger partial charge in [-0.2, -0.15) is 0 Å². The van der Waals surface area contributed by atoms with Gasteiger partial charge in [0.15, 0.2) is 37.4 Å². The SMILES string of the molecule is CC(=O)N[C@@H]1[C@@H](O[C@@H]2O[C@H](C(=O)O)[C@@H](O[C@@H]3O[C@H](CO)[C@@H](O)[C@H](O[C@@H]4O[C@H](C(=O)O)[C@@H](O)[C@H](O)[C@H]4O)[C@H]3NC(C)=O)[C@H](O)[C@H]2O)[C@H](O)[C@@H](CO)O[C@H]1O.CCCCCCCCCCCCCCCCCC(=O)OCC(O)CO.[H-].[Na+]. The number of carboxylic acids is 2. The molecule has 0 aromatic rings. The Morgan fingerprint density at radius 1 is 0.506 bits per heavy atom. The number of unbranched alkanes of at least 4 members (excludes halogenated alkanes) is 14. The van der Waals surface area contributed by atoms with E-state index in [2.05, 4.69) is 17.6 Å². The van der Waals surface area contributed by atoms with Gasteiger partial charge in [-0.1, -0.05) is 96.8 Å². The average molecular weight is 1160 g/mol. The van der Waals surface area contributed by atoms with Gasteiger partial charge >= 0.3 is 47.5 Å². The summed E-state index contributed by atoms with van der Waals surface area (Å²) in [6.45, 7) is 1.91. The molecule has 30 heteroatoms.